The zero-order chi connectivity index (χ0) is 22.0. The van der Waals surface area contributed by atoms with E-state index in [4.69, 9.17) is 4.18 Å². The third kappa shape index (κ3) is 4.36. The molecule has 3 aromatic carbocycles. The number of H-pyrrole nitrogens is 1. The number of nitrogens with zero attached hydrogens (tertiary/aromatic N) is 2. The van der Waals surface area contributed by atoms with Gasteiger partial charge in [0.2, 0.25) is 5.95 Å². The number of hydrogen-bond acceptors (Lipinski definition) is 7. The third-order valence-corrected chi connectivity index (χ3v) is 5.50. The molecular weight excluding hydrogens is 424 g/mol. The third-order valence-electron chi connectivity index (χ3n) is 4.26. The highest BCUT2D eigenvalue weighted by atomic mass is 32.2. The van der Waals surface area contributed by atoms with Crippen LogP contribution in [0.5, 0.6) is 5.75 Å². The number of imidazole rings is 1. The summed E-state index contributed by atoms with van der Waals surface area (Å²) in [6, 6.07) is 17.2. The van der Waals surface area contributed by atoms with Crippen LogP contribution in [0.15, 0.2) is 77.7 Å². The topological polar surface area (TPSA) is 144 Å². The monoisotopic (exact) mass is 438 g/mol. The van der Waals surface area contributed by atoms with Gasteiger partial charge >= 0.3 is 10.1 Å². The van der Waals surface area contributed by atoms with Crippen LogP contribution in [0.2, 0.25) is 0 Å². The number of fused-ring (bicyclic) bond motifs is 1. The molecular formula is C20H14N4O6S. The molecule has 1 aromatic heterocycles. The van der Waals surface area contributed by atoms with E-state index in [0.29, 0.717) is 5.52 Å². The minimum absolute atomic E-state index is 0.0493. The number of carbonyl (C=O) groups excluding carboxylic acids is 1. The molecule has 0 aliphatic carbocycles. The van der Waals surface area contributed by atoms with Crippen LogP contribution in [-0.4, -0.2) is 29.2 Å². The van der Waals surface area contributed by atoms with Gasteiger partial charge in [0.25, 0.3) is 11.6 Å². The first-order chi connectivity index (χ1) is 14.8. The number of para-hydroxylation sites is 2. The van der Waals surface area contributed by atoms with E-state index in [1.54, 1.807) is 6.07 Å². The van der Waals surface area contributed by atoms with Crippen molar-refractivity contribution in [3.05, 3.63) is 88.5 Å². The van der Waals surface area contributed by atoms with Gasteiger partial charge in [0, 0.05) is 17.7 Å². The van der Waals surface area contributed by atoms with Gasteiger partial charge in [-0.3, -0.25) is 20.2 Å². The maximum Gasteiger partial charge on any atom is 0.339 e. The molecule has 0 aliphatic rings. The zero-order valence-corrected chi connectivity index (χ0v) is 16.5. The molecule has 0 saturated carbocycles. The number of carbonyl (C=O) groups is 1. The summed E-state index contributed by atoms with van der Waals surface area (Å²) in [5.41, 5.74) is 1.35. The van der Waals surface area contributed by atoms with E-state index >= 15 is 0 Å². The molecule has 0 radical (unpaired) electrons. The van der Waals surface area contributed by atoms with Crippen LogP contribution in [0.3, 0.4) is 0 Å². The Morgan fingerprint density at radius 1 is 1.03 bits per heavy atom. The van der Waals surface area contributed by atoms with Crippen molar-refractivity contribution in [1.82, 2.24) is 9.97 Å². The van der Waals surface area contributed by atoms with Gasteiger partial charge in [0.05, 0.1) is 16.0 Å². The molecule has 0 bridgehead atoms. The number of non-ortho nitro benzene ring substituents is 1. The van der Waals surface area contributed by atoms with Crippen molar-refractivity contribution >= 4 is 38.7 Å². The van der Waals surface area contributed by atoms with E-state index in [1.807, 2.05) is 18.2 Å². The van der Waals surface area contributed by atoms with Gasteiger partial charge in [0.1, 0.15) is 10.6 Å². The lowest BCUT2D eigenvalue weighted by molar-refractivity contribution is -0.385. The lowest BCUT2D eigenvalue weighted by Gasteiger charge is -2.08. The molecule has 2 N–H and O–H groups in total. The number of benzene rings is 3. The second-order valence-electron chi connectivity index (χ2n) is 6.37. The highest BCUT2D eigenvalue weighted by Crippen LogP contribution is 2.23. The van der Waals surface area contributed by atoms with Crippen molar-refractivity contribution in [2.45, 2.75) is 4.90 Å². The van der Waals surface area contributed by atoms with Crippen LogP contribution < -0.4 is 9.50 Å². The fourth-order valence-electron chi connectivity index (χ4n) is 2.78. The van der Waals surface area contributed by atoms with E-state index in [0.717, 1.165) is 11.6 Å². The number of amides is 1. The minimum atomic E-state index is -4.29. The summed E-state index contributed by atoms with van der Waals surface area (Å²) in [5, 5.41) is 13.5. The second kappa shape index (κ2) is 7.88. The number of nitro benzene ring substituents is 1. The Bertz CT molecular complexity index is 1360. The molecule has 0 unspecified atom stereocenters. The number of hydrogen-bond donors (Lipinski definition) is 2. The Morgan fingerprint density at radius 2 is 1.77 bits per heavy atom. The summed E-state index contributed by atoms with van der Waals surface area (Å²) in [7, 11) is -4.29. The molecule has 0 spiro atoms. The van der Waals surface area contributed by atoms with Gasteiger partial charge in [-0.05, 0) is 42.5 Å². The second-order valence-corrected chi connectivity index (χ2v) is 7.92. The summed E-state index contributed by atoms with van der Waals surface area (Å²) in [4.78, 5) is 29.4. The molecule has 4 aromatic rings. The van der Waals surface area contributed by atoms with Gasteiger partial charge in [0.15, 0.2) is 0 Å². The van der Waals surface area contributed by atoms with Crippen LogP contribution >= 0.6 is 0 Å². The van der Waals surface area contributed by atoms with Gasteiger partial charge in [-0.1, -0.05) is 18.2 Å². The predicted octanol–water partition coefficient (Wildman–Crippen LogP) is 3.49. The Morgan fingerprint density at radius 3 is 2.48 bits per heavy atom. The summed E-state index contributed by atoms with van der Waals surface area (Å²) < 4.78 is 29.8. The Kier molecular flexibility index (Phi) is 5.09. The fourth-order valence-corrected chi connectivity index (χ4v) is 3.75. The van der Waals surface area contributed by atoms with Crippen LogP contribution in [0, 0.1) is 10.1 Å². The molecule has 0 fully saturated rings. The van der Waals surface area contributed by atoms with Crippen LogP contribution in [-0.2, 0) is 10.1 Å². The first kappa shape index (κ1) is 20.0. The molecule has 31 heavy (non-hydrogen) atoms. The van der Waals surface area contributed by atoms with Crippen molar-refractivity contribution in [3.8, 4) is 5.75 Å². The van der Waals surface area contributed by atoms with Crippen LogP contribution in [0.1, 0.15) is 10.4 Å². The number of nitrogens with one attached hydrogen (secondary N) is 2. The van der Waals surface area contributed by atoms with Gasteiger partial charge < -0.3 is 9.17 Å². The number of anilines is 1. The Balaban J connectivity index is 1.48. The number of nitro groups is 1. The van der Waals surface area contributed by atoms with Crippen molar-refractivity contribution < 1.29 is 22.3 Å². The number of aromatic nitrogens is 2. The SMILES string of the molecule is O=C(Nc1nc2ccccc2[nH]1)c1ccc(OS(=O)(=O)c2cccc([N+](=O)[O-])c2)cc1. The minimum Gasteiger partial charge on any atom is -0.379 e. The van der Waals surface area contributed by atoms with Crippen molar-refractivity contribution in [2.75, 3.05) is 5.32 Å². The molecule has 1 amide bonds. The average molecular weight is 438 g/mol. The smallest absolute Gasteiger partial charge is 0.339 e. The normalized spacial score (nSPS) is 11.2. The van der Waals surface area contributed by atoms with Crippen molar-refractivity contribution in [2.24, 2.45) is 0 Å². The van der Waals surface area contributed by atoms with Crippen molar-refractivity contribution in [3.63, 3.8) is 0 Å². The van der Waals surface area contributed by atoms with Gasteiger partial charge in [-0.15, -0.1) is 0 Å². The van der Waals surface area contributed by atoms with E-state index in [1.165, 1.54) is 42.5 Å². The molecule has 0 atom stereocenters. The zero-order valence-electron chi connectivity index (χ0n) is 15.7. The summed E-state index contributed by atoms with van der Waals surface area (Å²) in [6.45, 7) is 0. The van der Waals surface area contributed by atoms with Gasteiger partial charge in [-0.2, -0.15) is 8.42 Å². The van der Waals surface area contributed by atoms with Gasteiger partial charge in [-0.25, -0.2) is 4.98 Å². The lowest BCUT2D eigenvalue weighted by atomic mass is 10.2. The predicted molar refractivity (Wildman–Crippen MR) is 111 cm³/mol. The molecule has 0 saturated heterocycles. The molecule has 1 heterocycles. The van der Waals surface area contributed by atoms with Crippen LogP contribution in [0.25, 0.3) is 11.0 Å². The summed E-state index contributed by atoms with van der Waals surface area (Å²) >= 11 is 0. The molecule has 4 rings (SSSR count). The first-order valence-electron chi connectivity index (χ1n) is 8.87. The first-order valence-corrected chi connectivity index (χ1v) is 10.3. The molecule has 11 heteroatoms. The highest BCUT2D eigenvalue weighted by molar-refractivity contribution is 7.87. The standard InChI is InChI=1S/C20H14N4O6S/c25-19(23-20-21-17-6-1-2-7-18(17)22-20)13-8-10-15(11-9-13)30-31(28,29)16-5-3-4-14(12-16)24(26)27/h1-12H,(H2,21,22,23,25). The average Bonchev–Trinajstić information content (AvgIpc) is 3.16. The van der Waals surface area contributed by atoms with E-state index < -0.39 is 20.9 Å². The Hall–Kier alpha value is -4.25. The maximum atomic E-state index is 12.4. The van der Waals surface area contributed by atoms with Crippen LogP contribution in [0.4, 0.5) is 11.6 Å². The summed E-state index contributed by atoms with van der Waals surface area (Å²) in [6.07, 6.45) is 0. The fraction of sp³-hybridized carbons (Fsp3) is 0. The molecule has 156 valence electrons. The quantitative estimate of drug-likeness (QED) is 0.266. The maximum absolute atomic E-state index is 12.4. The highest BCUT2D eigenvalue weighted by Gasteiger charge is 2.20. The van der Waals surface area contributed by atoms with E-state index in [9.17, 15) is 23.3 Å². The molecule has 10 nitrogen and oxygen atoms in total. The number of aromatic amines is 1. The molecule has 0 aliphatic heterocycles. The van der Waals surface area contributed by atoms with Crippen molar-refractivity contribution in [1.29, 1.82) is 0 Å². The van der Waals surface area contributed by atoms with E-state index in [2.05, 4.69) is 15.3 Å². The Labute approximate surface area is 175 Å². The largest absolute Gasteiger partial charge is 0.379 e. The lowest BCUT2D eigenvalue weighted by Crippen LogP contribution is -2.13. The number of rotatable bonds is 6. The summed E-state index contributed by atoms with van der Waals surface area (Å²) in [5.74, 6) is -0.223. The van der Waals surface area contributed by atoms with E-state index in [-0.39, 0.29) is 27.8 Å².